The van der Waals surface area contributed by atoms with Gasteiger partial charge in [-0.2, -0.15) is 5.10 Å². The summed E-state index contributed by atoms with van der Waals surface area (Å²) < 4.78 is 1.96. The van der Waals surface area contributed by atoms with E-state index in [2.05, 4.69) is 21.0 Å². The van der Waals surface area contributed by atoms with E-state index in [9.17, 15) is 0 Å². The van der Waals surface area contributed by atoms with Crippen molar-refractivity contribution in [2.45, 2.75) is 31.2 Å². The highest BCUT2D eigenvalue weighted by Gasteiger charge is 2.28. The standard InChI is InChI=1S/C13H17N5/c14-10-3-5-17(8-10)13-12-7-11(9-1-2-9)16-18(12)6-4-15-13/h4,6-7,9-10H,1-3,5,8,14H2/t10-/m0/s1. The zero-order valence-electron chi connectivity index (χ0n) is 10.3. The molecule has 94 valence electrons. The molecular weight excluding hydrogens is 226 g/mol. The summed E-state index contributed by atoms with van der Waals surface area (Å²) in [6, 6.07) is 2.47. The summed E-state index contributed by atoms with van der Waals surface area (Å²) in [4.78, 5) is 6.80. The van der Waals surface area contributed by atoms with E-state index in [-0.39, 0.29) is 6.04 Å². The van der Waals surface area contributed by atoms with Crippen LogP contribution in [0, 0.1) is 0 Å². The maximum Gasteiger partial charge on any atom is 0.154 e. The molecule has 2 fully saturated rings. The van der Waals surface area contributed by atoms with E-state index in [0.29, 0.717) is 5.92 Å². The molecule has 1 saturated carbocycles. The fourth-order valence-electron chi connectivity index (χ4n) is 2.73. The van der Waals surface area contributed by atoms with Crippen molar-refractivity contribution in [2.75, 3.05) is 18.0 Å². The van der Waals surface area contributed by atoms with Crippen LogP contribution in [0.5, 0.6) is 0 Å². The SMILES string of the molecule is N[C@H]1CCN(c2nccn3nc(C4CC4)cc23)C1. The Kier molecular flexibility index (Phi) is 2.11. The second-order valence-electron chi connectivity index (χ2n) is 5.42. The third-order valence-electron chi connectivity index (χ3n) is 3.91. The van der Waals surface area contributed by atoms with Gasteiger partial charge in [0.15, 0.2) is 5.82 Å². The first-order chi connectivity index (χ1) is 8.81. The summed E-state index contributed by atoms with van der Waals surface area (Å²) in [5, 5.41) is 4.64. The first-order valence-corrected chi connectivity index (χ1v) is 6.66. The van der Waals surface area contributed by atoms with E-state index in [1.165, 1.54) is 18.5 Å². The Morgan fingerprint density at radius 1 is 1.28 bits per heavy atom. The van der Waals surface area contributed by atoms with Crippen LogP contribution < -0.4 is 10.6 Å². The first kappa shape index (κ1) is 10.3. The van der Waals surface area contributed by atoms with Crippen molar-refractivity contribution in [3.05, 3.63) is 24.2 Å². The first-order valence-electron chi connectivity index (χ1n) is 6.66. The molecule has 0 radical (unpaired) electrons. The lowest BCUT2D eigenvalue weighted by molar-refractivity contribution is 0.751. The maximum atomic E-state index is 5.98. The highest BCUT2D eigenvalue weighted by molar-refractivity contribution is 5.69. The van der Waals surface area contributed by atoms with E-state index >= 15 is 0 Å². The predicted octanol–water partition coefficient (Wildman–Crippen LogP) is 1.14. The van der Waals surface area contributed by atoms with E-state index < -0.39 is 0 Å². The minimum absolute atomic E-state index is 0.276. The number of hydrogen-bond acceptors (Lipinski definition) is 4. The van der Waals surface area contributed by atoms with Crippen LogP contribution in [-0.2, 0) is 0 Å². The van der Waals surface area contributed by atoms with Gasteiger partial charge in [0.25, 0.3) is 0 Å². The van der Waals surface area contributed by atoms with Crippen molar-refractivity contribution in [1.82, 2.24) is 14.6 Å². The van der Waals surface area contributed by atoms with Gasteiger partial charge in [0.2, 0.25) is 0 Å². The maximum absolute atomic E-state index is 5.98. The second kappa shape index (κ2) is 3.68. The summed E-state index contributed by atoms with van der Waals surface area (Å²) in [6.07, 6.45) is 7.37. The van der Waals surface area contributed by atoms with Crippen molar-refractivity contribution in [3.8, 4) is 0 Å². The predicted molar refractivity (Wildman–Crippen MR) is 69.8 cm³/mol. The summed E-state index contributed by atoms with van der Waals surface area (Å²) in [5.74, 6) is 1.71. The Balaban J connectivity index is 1.79. The summed E-state index contributed by atoms with van der Waals surface area (Å²) in [5.41, 5.74) is 8.31. The molecule has 2 aromatic heterocycles. The number of aromatic nitrogens is 3. The quantitative estimate of drug-likeness (QED) is 0.859. The zero-order valence-corrected chi connectivity index (χ0v) is 10.3. The fraction of sp³-hybridized carbons (Fsp3) is 0.538. The van der Waals surface area contributed by atoms with Gasteiger partial charge in [-0.25, -0.2) is 9.50 Å². The van der Waals surface area contributed by atoms with Crippen molar-refractivity contribution in [3.63, 3.8) is 0 Å². The number of rotatable bonds is 2. The highest BCUT2D eigenvalue weighted by atomic mass is 15.3. The van der Waals surface area contributed by atoms with Crippen molar-refractivity contribution in [2.24, 2.45) is 5.73 Å². The molecule has 18 heavy (non-hydrogen) atoms. The minimum atomic E-state index is 0.276. The lowest BCUT2D eigenvalue weighted by atomic mass is 10.3. The zero-order chi connectivity index (χ0) is 12.1. The molecular formula is C13H17N5. The molecule has 0 bridgehead atoms. The van der Waals surface area contributed by atoms with Gasteiger partial charge in [-0.05, 0) is 25.3 Å². The Labute approximate surface area is 106 Å². The summed E-state index contributed by atoms with van der Waals surface area (Å²) in [7, 11) is 0. The van der Waals surface area contributed by atoms with E-state index in [4.69, 9.17) is 5.73 Å². The number of anilines is 1. The molecule has 1 aliphatic carbocycles. The van der Waals surface area contributed by atoms with Gasteiger partial charge in [0.05, 0.1) is 5.69 Å². The largest absolute Gasteiger partial charge is 0.353 e. The van der Waals surface area contributed by atoms with Crippen molar-refractivity contribution < 1.29 is 0 Å². The smallest absolute Gasteiger partial charge is 0.154 e. The Hall–Kier alpha value is -1.62. The highest BCUT2D eigenvalue weighted by Crippen LogP contribution is 2.40. The molecule has 5 heteroatoms. The lowest BCUT2D eigenvalue weighted by Gasteiger charge is -2.17. The molecule has 2 aliphatic rings. The lowest BCUT2D eigenvalue weighted by Crippen LogP contribution is -2.27. The van der Waals surface area contributed by atoms with E-state index in [0.717, 1.165) is 30.8 Å². The van der Waals surface area contributed by atoms with Crippen molar-refractivity contribution in [1.29, 1.82) is 0 Å². The number of fused-ring (bicyclic) bond motifs is 1. The molecule has 5 nitrogen and oxygen atoms in total. The van der Waals surface area contributed by atoms with Crippen LogP contribution in [0.25, 0.3) is 5.52 Å². The number of nitrogens with zero attached hydrogens (tertiary/aromatic N) is 4. The molecule has 2 N–H and O–H groups in total. The third-order valence-corrected chi connectivity index (χ3v) is 3.91. The van der Waals surface area contributed by atoms with Gasteiger partial charge < -0.3 is 10.6 Å². The van der Waals surface area contributed by atoms with Gasteiger partial charge in [-0.15, -0.1) is 0 Å². The van der Waals surface area contributed by atoms with Gasteiger partial charge in [0.1, 0.15) is 5.52 Å². The number of nitrogens with two attached hydrogens (primary N) is 1. The van der Waals surface area contributed by atoms with Crippen LogP contribution in [0.2, 0.25) is 0 Å². The van der Waals surface area contributed by atoms with Crippen LogP contribution in [0.3, 0.4) is 0 Å². The molecule has 0 spiro atoms. The third kappa shape index (κ3) is 1.58. The topological polar surface area (TPSA) is 59.5 Å². The fourth-order valence-corrected chi connectivity index (χ4v) is 2.73. The van der Waals surface area contributed by atoms with Crippen LogP contribution in [0.15, 0.2) is 18.5 Å². The second-order valence-corrected chi connectivity index (χ2v) is 5.42. The summed E-state index contributed by atoms with van der Waals surface area (Å²) in [6.45, 7) is 1.90. The van der Waals surface area contributed by atoms with Gasteiger partial charge >= 0.3 is 0 Å². The molecule has 2 aromatic rings. The van der Waals surface area contributed by atoms with Crippen LogP contribution >= 0.6 is 0 Å². The molecule has 0 unspecified atom stereocenters. The average molecular weight is 243 g/mol. The molecule has 0 aromatic carbocycles. The molecule has 0 amide bonds. The van der Waals surface area contributed by atoms with E-state index in [1.54, 1.807) is 0 Å². The molecule has 1 aliphatic heterocycles. The van der Waals surface area contributed by atoms with Crippen LogP contribution in [0.1, 0.15) is 30.9 Å². The van der Waals surface area contributed by atoms with Gasteiger partial charge in [-0.1, -0.05) is 0 Å². The Bertz CT molecular complexity index is 586. The molecule has 1 saturated heterocycles. The molecule has 3 heterocycles. The van der Waals surface area contributed by atoms with Crippen molar-refractivity contribution >= 4 is 11.3 Å². The Morgan fingerprint density at radius 3 is 2.89 bits per heavy atom. The van der Waals surface area contributed by atoms with Gasteiger partial charge in [0, 0.05) is 37.4 Å². The summed E-state index contributed by atoms with van der Waals surface area (Å²) >= 11 is 0. The number of hydrogen-bond donors (Lipinski definition) is 1. The van der Waals surface area contributed by atoms with Crippen LogP contribution in [0.4, 0.5) is 5.82 Å². The van der Waals surface area contributed by atoms with Gasteiger partial charge in [-0.3, -0.25) is 0 Å². The average Bonchev–Trinajstić information content (AvgIpc) is 2.99. The molecule has 4 rings (SSSR count). The minimum Gasteiger partial charge on any atom is -0.353 e. The van der Waals surface area contributed by atoms with E-state index in [1.807, 2.05) is 16.9 Å². The Morgan fingerprint density at radius 2 is 2.17 bits per heavy atom. The van der Waals surface area contributed by atoms with Crippen LogP contribution in [-0.4, -0.2) is 33.7 Å². The molecule has 1 atom stereocenters. The monoisotopic (exact) mass is 243 g/mol. The normalized spacial score (nSPS) is 24.1.